The van der Waals surface area contributed by atoms with Crippen molar-refractivity contribution in [3.8, 4) is 5.75 Å². The molecule has 0 bridgehead atoms. The molecule has 114 valence electrons. The molecule has 0 aromatic heterocycles. The molecule has 4 heteroatoms. The number of hydrogen-bond acceptors (Lipinski definition) is 4. The van der Waals surface area contributed by atoms with E-state index in [9.17, 15) is 9.59 Å². The van der Waals surface area contributed by atoms with Crippen LogP contribution < -0.4 is 4.74 Å². The Balaban J connectivity index is 1.94. The summed E-state index contributed by atoms with van der Waals surface area (Å²) in [6.45, 7) is 1.92. The van der Waals surface area contributed by atoms with E-state index in [4.69, 9.17) is 9.47 Å². The van der Waals surface area contributed by atoms with Crippen LogP contribution in [-0.2, 0) is 27.2 Å². The summed E-state index contributed by atoms with van der Waals surface area (Å²) in [5, 5.41) is 0. The first-order chi connectivity index (χ1) is 10.6. The van der Waals surface area contributed by atoms with Crippen molar-refractivity contribution in [3.63, 3.8) is 0 Å². The number of esters is 2. The fraction of sp³-hybridized carbons (Fsp3) is 0.222. The van der Waals surface area contributed by atoms with Gasteiger partial charge in [0.1, 0.15) is 5.75 Å². The average Bonchev–Trinajstić information content (AvgIpc) is 2.50. The smallest absolute Gasteiger partial charge is 0.318 e. The molecule has 2 rings (SSSR count). The van der Waals surface area contributed by atoms with E-state index in [0.717, 1.165) is 11.1 Å². The second-order valence-electron chi connectivity index (χ2n) is 4.94. The molecule has 0 atom stereocenters. The summed E-state index contributed by atoms with van der Waals surface area (Å²) in [6.07, 6.45) is 0.0911. The zero-order valence-corrected chi connectivity index (χ0v) is 12.7. The highest BCUT2D eigenvalue weighted by atomic mass is 16.6. The van der Waals surface area contributed by atoms with Gasteiger partial charge in [0.15, 0.2) is 0 Å². The van der Waals surface area contributed by atoms with E-state index >= 15 is 0 Å². The van der Waals surface area contributed by atoms with Gasteiger partial charge in [-0.05, 0) is 24.1 Å². The first kappa shape index (κ1) is 15.8. The molecule has 0 aliphatic rings. The van der Waals surface area contributed by atoms with E-state index in [1.165, 1.54) is 7.11 Å². The van der Waals surface area contributed by atoms with Gasteiger partial charge in [-0.25, -0.2) is 0 Å². The maximum atomic E-state index is 11.9. The molecule has 0 saturated carbocycles. The SMILES string of the molecule is COc1ccccc1CC(=O)OC(=O)Cc1ccccc1C. The third-order valence-electron chi connectivity index (χ3n) is 3.35. The van der Waals surface area contributed by atoms with Crippen molar-refractivity contribution in [2.24, 2.45) is 0 Å². The van der Waals surface area contributed by atoms with Crippen LogP contribution >= 0.6 is 0 Å². The van der Waals surface area contributed by atoms with Crippen molar-refractivity contribution in [2.75, 3.05) is 7.11 Å². The second-order valence-corrected chi connectivity index (χ2v) is 4.94. The fourth-order valence-corrected chi connectivity index (χ4v) is 2.17. The average molecular weight is 298 g/mol. The number of carbonyl (C=O) groups is 2. The minimum atomic E-state index is -0.580. The molecule has 0 N–H and O–H groups in total. The van der Waals surface area contributed by atoms with Crippen LogP contribution in [0, 0.1) is 6.92 Å². The molecule has 0 unspecified atom stereocenters. The Morgan fingerprint density at radius 3 is 2.05 bits per heavy atom. The summed E-state index contributed by atoms with van der Waals surface area (Å²) >= 11 is 0. The largest absolute Gasteiger partial charge is 0.496 e. The Kier molecular flexibility index (Phi) is 5.31. The molecule has 0 aliphatic heterocycles. The Bertz CT molecular complexity index is 676. The van der Waals surface area contributed by atoms with Gasteiger partial charge in [0, 0.05) is 5.56 Å². The molecular weight excluding hydrogens is 280 g/mol. The van der Waals surface area contributed by atoms with Crippen molar-refractivity contribution in [1.29, 1.82) is 0 Å². The number of benzene rings is 2. The van der Waals surface area contributed by atoms with E-state index in [0.29, 0.717) is 11.3 Å². The predicted molar refractivity (Wildman–Crippen MR) is 82.7 cm³/mol. The highest BCUT2D eigenvalue weighted by Gasteiger charge is 2.14. The third kappa shape index (κ3) is 4.19. The molecule has 0 radical (unpaired) electrons. The van der Waals surface area contributed by atoms with Crippen molar-refractivity contribution >= 4 is 11.9 Å². The Labute approximate surface area is 129 Å². The number of methoxy groups -OCH3 is 1. The van der Waals surface area contributed by atoms with Crippen LogP contribution in [0.3, 0.4) is 0 Å². The molecule has 0 saturated heterocycles. The van der Waals surface area contributed by atoms with E-state index in [1.54, 1.807) is 18.2 Å². The Hall–Kier alpha value is -2.62. The van der Waals surface area contributed by atoms with Crippen molar-refractivity contribution in [3.05, 3.63) is 65.2 Å². The van der Waals surface area contributed by atoms with Gasteiger partial charge in [0.25, 0.3) is 0 Å². The maximum absolute atomic E-state index is 11.9. The van der Waals surface area contributed by atoms with Gasteiger partial charge < -0.3 is 9.47 Å². The molecule has 0 heterocycles. The Morgan fingerprint density at radius 1 is 0.864 bits per heavy atom. The van der Waals surface area contributed by atoms with E-state index in [2.05, 4.69) is 0 Å². The number of ether oxygens (including phenoxy) is 2. The summed E-state index contributed by atoms with van der Waals surface area (Å²) in [5.74, 6) is -0.525. The highest BCUT2D eigenvalue weighted by molar-refractivity contribution is 5.88. The molecule has 2 aromatic rings. The van der Waals surface area contributed by atoms with Gasteiger partial charge in [-0.3, -0.25) is 9.59 Å². The van der Waals surface area contributed by atoms with Crippen molar-refractivity contribution in [2.45, 2.75) is 19.8 Å². The minimum absolute atomic E-state index is 0.00350. The van der Waals surface area contributed by atoms with Crippen molar-refractivity contribution < 1.29 is 19.1 Å². The first-order valence-electron chi connectivity index (χ1n) is 7.00. The van der Waals surface area contributed by atoms with Gasteiger partial charge in [0.2, 0.25) is 0 Å². The van der Waals surface area contributed by atoms with E-state index < -0.39 is 11.9 Å². The topological polar surface area (TPSA) is 52.6 Å². The summed E-state index contributed by atoms with van der Waals surface area (Å²) in [7, 11) is 1.54. The molecule has 22 heavy (non-hydrogen) atoms. The maximum Gasteiger partial charge on any atom is 0.318 e. The summed E-state index contributed by atoms with van der Waals surface area (Å²) in [6, 6.07) is 14.7. The fourth-order valence-electron chi connectivity index (χ4n) is 2.17. The molecule has 4 nitrogen and oxygen atoms in total. The summed E-state index contributed by atoms with van der Waals surface area (Å²) in [5.41, 5.74) is 2.55. The summed E-state index contributed by atoms with van der Waals surface area (Å²) in [4.78, 5) is 23.7. The van der Waals surface area contributed by atoms with Crippen molar-refractivity contribution in [1.82, 2.24) is 0 Å². The minimum Gasteiger partial charge on any atom is -0.496 e. The third-order valence-corrected chi connectivity index (χ3v) is 3.35. The molecule has 0 amide bonds. The number of hydrogen-bond donors (Lipinski definition) is 0. The normalized spacial score (nSPS) is 10.1. The lowest BCUT2D eigenvalue weighted by Gasteiger charge is -2.08. The zero-order chi connectivity index (χ0) is 15.9. The van der Waals surface area contributed by atoms with Gasteiger partial charge in [-0.15, -0.1) is 0 Å². The molecule has 0 spiro atoms. The lowest BCUT2D eigenvalue weighted by Crippen LogP contribution is -2.17. The van der Waals surface area contributed by atoms with E-state index in [1.807, 2.05) is 37.3 Å². The van der Waals surface area contributed by atoms with Crippen LogP contribution in [0.15, 0.2) is 48.5 Å². The highest BCUT2D eigenvalue weighted by Crippen LogP contribution is 2.18. The molecular formula is C18H18O4. The monoisotopic (exact) mass is 298 g/mol. The van der Waals surface area contributed by atoms with Gasteiger partial charge in [-0.1, -0.05) is 42.5 Å². The van der Waals surface area contributed by atoms with Crippen LogP contribution in [0.25, 0.3) is 0 Å². The number of carbonyl (C=O) groups excluding carboxylic acids is 2. The molecule has 2 aromatic carbocycles. The van der Waals surface area contributed by atoms with Crippen LogP contribution in [0.1, 0.15) is 16.7 Å². The Morgan fingerprint density at radius 2 is 1.41 bits per heavy atom. The van der Waals surface area contributed by atoms with Crippen LogP contribution in [0.5, 0.6) is 5.75 Å². The van der Waals surface area contributed by atoms with Crippen LogP contribution in [-0.4, -0.2) is 19.0 Å². The predicted octanol–water partition coefficient (Wildman–Crippen LogP) is 2.86. The molecule has 0 fully saturated rings. The first-order valence-corrected chi connectivity index (χ1v) is 7.00. The summed E-state index contributed by atoms with van der Waals surface area (Å²) < 4.78 is 10.0. The zero-order valence-electron chi connectivity index (χ0n) is 12.7. The van der Waals surface area contributed by atoms with E-state index in [-0.39, 0.29) is 12.8 Å². The van der Waals surface area contributed by atoms with Gasteiger partial charge in [-0.2, -0.15) is 0 Å². The lowest BCUT2D eigenvalue weighted by atomic mass is 10.1. The van der Waals surface area contributed by atoms with Gasteiger partial charge in [0.05, 0.1) is 20.0 Å². The van der Waals surface area contributed by atoms with Crippen LogP contribution in [0.4, 0.5) is 0 Å². The standard InChI is InChI=1S/C18H18O4/c1-13-7-3-4-8-14(13)11-17(19)22-18(20)12-15-9-5-6-10-16(15)21-2/h3-10H,11-12H2,1-2H3. The quantitative estimate of drug-likeness (QED) is 0.629. The molecule has 0 aliphatic carbocycles. The van der Waals surface area contributed by atoms with Crippen LogP contribution in [0.2, 0.25) is 0 Å². The number of rotatable bonds is 5. The second kappa shape index (κ2) is 7.41. The lowest BCUT2D eigenvalue weighted by molar-refractivity contribution is -0.158. The van der Waals surface area contributed by atoms with Gasteiger partial charge >= 0.3 is 11.9 Å². The number of aryl methyl sites for hydroxylation is 1. The number of para-hydroxylation sites is 1.